The van der Waals surface area contributed by atoms with E-state index >= 15 is 0 Å². The average Bonchev–Trinajstić information content (AvgIpc) is 2.16. The number of hydrogen-bond donors (Lipinski definition) is 3. The fourth-order valence-electron chi connectivity index (χ4n) is 1.24. The Morgan fingerprint density at radius 2 is 2.23 bits per heavy atom. The lowest BCUT2D eigenvalue weighted by Crippen LogP contribution is -2.61. The van der Waals surface area contributed by atoms with E-state index in [0.717, 1.165) is 0 Å². The van der Waals surface area contributed by atoms with E-state index in [-0.39, 0.29) is 6.61 Å². The molecule has 1 heterocycles. The molecular formula is C7H13IO5. The Labute approximate surface area is 89.8 Å². The summed E-state index contributed by atoms with van der Waals surface area (Å²) in [5, 5.41) is 28.0. The minimum Gasteiger partial charge on any atom is -0.391 e. The van der Waals surface area contributed by atoms with Crippen LogP contribution in [0, 0.1) is 0 Å². The highest BCUT2D eigenvalue weighted by Crippen LogP contribution is 2.30. The van der Waals surface area contributed by atoms with Gasteiger partial charge in [-0.3, -0.25) is 0 Å². The van der Waals surface area contributed by atoms with Crippen molar-refractivity contribution in [1.29, 1.82) is 0 Å². The Morgan fingerprint density at radius 3 is 2.69 bits per heavy atom. The van der Waals surface area contributed by atoms with E-state index in [1.165, 1.54) is 7.11 Å². The summed E-state index contributed by atoms with van der Waals surface area (Å²) in [5.74, 6) is -1.38. The predicted molar refractivity (Wildman–Crippen MR) is 52.6 cm³/mol. The van der Waals surface area contributed by atoms with Gasteiger partial charge in [0, 0.05) is 7.11 Å². The molecule has 6 heteroatoms. The second kappa shape index (κ2) is 4.37. The molecule has 0 aromatic rings. The maximum Gasteiger partial charge on any atom is 0.219 e. The molecule has 1 rings (SSSR count). The highest BCUT2D eigenvalue weighted by atomic mass is 127. The maximum absolute atomic E-state index is 9.68. The molecule has 1 aliphatic rings. The van der Waals surface area contributed by atoms with Crippen LogP contribution in [-0.4, -0.2) is 57.6 Å². The van der Waals surface area contributed by atoms with Crippen LogP contribution >= 0.6 is 22.6 Å². The van der Waals surface area contributed by atoms with E-state index in [1.54, 1.807) is 0 Å². The highest BCUT2D eigenvalue weighted by Gasteiger charge is 2.49. The van der Waals surface area contributed by atoms with Gasteiger partial charge < -0.3 is 24.8 Å². The molecule has 0 aromatic heterocycles. The number of rotatable bonds is 2. The van der Waals surface area contributed by atoms with Crippen LogP contribution < -0.4 is 0 Å². The van der Waals surface area contributed by atoms with E-state index in [1.807, 2.05) is 22.6 Å². The Morgan fingerprint density at radius 1 is 1.62 bits per heavy atom. The lowest BCUT2D eigenvalue weighted by atomic mass is 10.0. The number of halogens is 1. The summed E-state index contributed by atoms with van der Waals surface area (Å²) in [6.45, 7) is -0.379. The zero-order chi connectivity index (χ0) is 10.1. The van der Waals surface area contributed by atoms with E-state index in [9.17, 15) is 10.2 Å². The first-order chi connectivity index (χ1) is 6.07. The van der Waals surface area contributed by atoms with E-state index in [0.29, 0.717) is 0 Å². The molecule has 78 valence electrons. The van der Waals surface area contributed by atoms with Crippen LogP contribution in [-0.2, 0) is 9.47 Å². The van der Waals surface area contributed by atoms with Crippen LogP contribution in [0.1, 0.15) is 0 Å². The number of hydrogen-bond acceptors (Lipinski definition) is 5. The summed E-state index contributed by atoms with van der Waals surface area (Å²) >= 11 is 1.91. The van der Waals surface area contributed by atoms with Crippen molar-refractivity contribution >= 4 is 22.6 Å². The van der Waals surface area contributed by atoms with Gasteiger partial charge in [-0.15, -0.1) is 0 Å². The van der Waals surface area contributed by atoms with Crippen LogP contribution in [0.3, 0.4) is 0 Å². The third-order valence-electron chi connectivity index (χ3n) is 2.18. The minimum absolute atomic E-state index is 0.0546. The maximum atomic E-state index is 9.68. The standard InChI is InChI=1S/C7H13IO5/c1-12-7(3-9)6(11)5(8)4(10)2-13-7/h4-6,9-11H,2-3H2,1H3. The lowest BCUT2D eigenvalue weighted by molar-refractivity contribution is -0.313. The van der Waals surface area contributed by atoms with Gasteiger partial charge >= 0.3 is 0 Å². The van der Waals surface area contributed by atoms with Crippen LogP contribution in [0.15, 0.2) is 0 Å². The van der Waals surface area contributed by atoms with Crippen molar-refractivity contribution in [3.05, 3.63) is 0 Å². The van der Waals surface area contributed by atoms with Gasteiger partial charge in [-0.1, -0.05) is 22.6 Å². The van der Waals surface area contributed by atoms with Crippen molar-refractivity contribution in [2.45, 2.75) is 21.9 Å². The van der Waals surface area contributed by atoms with Crippen LogP contribution in [0.5, 0.6) is 0 Å². The van der Waals surface area contributed by atoms with Gasteiger partial charge in [0.15, 0.2) is 0 Å². The largest absolute Gasteiger partial charge is 0.391 e. The summed E-state index contributed by atoms with van der Waals surface area (Å²) in [6, 6.07) is 0. The Kier molecular flexibility index (Phi) is 3.90. The number of ether oxygens (including phenoxy) is 2. The Hall–Kier alpha value is 0.530. The zero-order valence-electron chi connectivity index (χ0n) is 7.18. The van der Waals surface area contributed by atoms with Crippen molar-refractivity contribution in [2.75, 3.05) is 20.3 Å². The molecule has 1 saturated heterocycles. The van der Waals surface area contributed by atoms with Gasteiger partial charge in [0.1, 0.15) is 6.10 Å². The fraction of sp³-hybridized carbons (Fsp3) is 1.00. The summed E-state index contributed by atoms with van der Waals surface area (Å²) in [6.07, 6.45) is -1.77. The number of aliphatic hydroxyl groups is 3. The van der Waals surface area contributed by atoms with Gasteiger partial charge in [0.2, 0.25) is 5.79 Å². The van der Waals surface area contributed by atoms with Crippen molar-refractivity contribution in [1.82, 2.24) is 0 Å². The van der Waals surface area contributed by atoms with Gasteiger partial charge in [0.05, 0.1) is 23.2 Å². The summed E-state index contributed by atoms with van der Waals surface area (Å²) in [5.41, 5.74) is 0. The molecule has 0 radical (unpaired) electrons. The first-order valence-electron chi connectivity index (χ1n) is 3.87. The van der Waals surface area contributed by atoms with Gasteiger partial charge in [-0.05, 0) is 0 Å². The van der Waals surface area contributed by atoms with Gasteiger partial charge in [-0.2, -0.15) is 0 Å². The average molecular weight is 304 g/mol. The Balaban J connectivity index is 2.77. The Bertz CT molecular complexity index is 172. The van der Waals surface area contributed by atoms with Crippen LogP contribution in [0.25, 0.3) is 0 Å². The molecule has 4 unspecified atom stereocenters. The molecule has 5 nitrogen and oxygen atoms in total. The van der Waals surface area contributed by atoms with Crippen LogP contribution in [0.2, 0.25) is 0 Å². The summed E-state index contributed by atoms with van der Waals surface area (Å²) in [4.78, 5) is 0. The number of alkyl halides is 1. The normalized spacial score (nSPS) is 46.4. The predicted octanol–water partition coefficient (Wildman–Crippen LogP) is -1.12. The first-order valence-corrected chi connectivity index (χ1v) is 5.12. The van der Waals surface area contributed by atoms with Gasteiger partial charge in [0.25, 0.3) is 0 Å². The second-order valence-corrected chi connectivity index (χ2v) is 4.38. The summed E-state index contributed by atoms with van der Waals surface area (Å²) < 4.78 is 9.60. The smallest absolute Gasteiger partial charge is 0.219 e. The van der Waals surface area contributed by atoms with Crippen molar-refractivity contribution in [2.24, 2.45) is 0 Å². The molecule has 0 aliphatic carbocycles. The molecule has 3 N–H and O–H groups in total. The molecular weight excluding hydrogens is 291 g/mol. The van der Waals surface area contributed by atoms with Crippen molar-refractivity contribution in [3.8, 4) is 0 Å². The third-order valence-corrected chi connectivity index (χ3v) is 3.70. The number of methoxy groups -OCH3 is 1. The summed E-state index contributed by atoms with van der Waals surface area (Å²) in [7, 11) is 1.35. The van der Waals surface area contributed by atoms with E-state index < -0.39 is 28.5 Å². The molecule has 0 bridgehead atoms. The fourth-order valence-corrected chi connectivity index (χ4v) is 2.00. The second-order valence-electron chi connectivity index (χ2n) is 2.94. The minimum atomic E-state index is -1.38. The first kappa shape index (κ1) is 11.6. The lowest BCUT2D eigenvalue weighted by Gasteiger charge is -2.42. The molecule has 13 heavy (non-hydrogen) atoms. The van der Waals surface area contributed by atoms with Gasteiger partial charge in [-0.25, -0.2) is 0 Å². The third kappa shape index (κ3) is 1.97. The molecule has 0 saturated carbocycles. The monoisotopic (exact) mass is 304 g/mol. The SMILES string of the molecule is COC1(CO)OCC(O)C(I)C1O. The molecule has 0 aromatic carbocycles. The van der Waals surface area contributed by atoms with Crippen molar-refractivity contribution < 1.29 is 24.8 Å². The zero-order valence-corrected chi connectivity index (χ0v) is 9.34. The molecule has 0 spiro atoms. The molecule has 0 amide bonds. The molecule has 1 aliphatic heterocycles. The van der Waals surface area contributed by atoms with E-state index in [2.05, 4.69) is 0 Å². The topological polar surface area (TPSA) is 79.2 Å². The molecule has 1 fully saturated rings. The van der Waals surface area contributed by atoms with Crippen molar-refractivity contribution in [3.63, 3.8) is 0 Å². The van der Waals surface area contributed by atoms with Crippen LogP contribution in [0.4, 0.5) is 0 Å². The van der Waals surface area contributed by atoms with E-state index in [4.69, 9.17) is 14.6 Å². The highest BCUT2D eigenvalue weighted by molar-refractivity contribution is 14.1. The molecule has 4 atom stereocenters. The quantitative estimate of drug-likeness (QED) is 0.445. The number of aliphatic hydroxyl groups excluding tert-OH is 3.